The number of carbonyl (C=O) groups excluding carboxylic acids is 1. The number of carbonyl (C=O) groups is 1. The molecule has 0 spiro atoms. The van der Waals surface area contributed by atoms with E-state index in [2.05, 4.69) is 21.2 Å². The molecule has 0 radical (unpaired) electrons. The van der Waals surface area contributed by atoms with Gasteiger partial charge in [-0.2, -0.15) is 5.10 Å². The van der Waals surface area contributed by atoms with E-state index in [0.717, 1.165) is 42.9 Å². The normalized spacial score (nSPS) is 17.4. The molecule has 1 fully saturated rings. The number of aromatic amines is 1. The smallest absolute Gasteiger partial charge is 0.236 e. The second-order valence-corrected chi connectivity index (χ2v) is 7.23. The average Bonchev–Trinajstić information content (AvgIpc) is 3.24. The number of nitrogens with zero attached hydrogens (tertiary/aromatic N) is 3. The zero-order valence-electron chi connectivity index (χ0n) is 15.2. The summed E-state index contributed by atoms with van der Waals surface area (Å²) in [6, 6.07) is 9.68. The van der Waals surface area contributed by atoms with E-state index < -0.39 is 0 Å². The fourth-order valence-electron chi connectivity index (χ4n) is 3.18. The Kier molecular flexibility index (Phi) is 6.16. The van der Waals surface area contributed by atoms with Crippen LogP contribution in [0.15, 0.2) is 30.3 Å². The number of aromatic nitrogens is 2. The molecule has 1 aliphatic rings. The maximum absolute atomic E-state index is 12.0. The third kappa shape index (κ3) is 4.77. The Bertz CT molecular complexity index is 747. The molecule has 6 nitrogen and oxygen atoms in total. The van der Waals surface area contributed by atoms with E-state index in [1.807, 2.05) is 18.2 Å². The molecule has 1 amide bonds. The van der Waals surface area contributed by atoms with Crippen LogP contribution < -0.4 is 4.74 Å². The molecule has 1 aromatic heterocycles. The fourth-order valence-corrected chi connectivity index (χ4v) is 3.36. The van der Waals surface area contributed by atoms with Crippen LogP contribution in [0.5, 0.6) is 5.75 Å². The quantitative estimate of drug-likeness (QED) is 0.807. The zero-order valence-corrected chi connectivity index (χ0v) is 16.0. The Labute approximate surface area is 159 Å². The Morgan fingerprint density at radius 3 is 3.04 bits per heavy atom. The van der Waals surface area contributed by atoms with Crippen LogP contribution in [0.4, 0.5) is 0 Å². The van der Waals surface area contributed by atoms with Crippen molar-refractivity contribution in [1.29, 1.82) is 0 Å². The minimum Gasteiger partial charge on any atom is -0.493 e. The summed E-state index contributed by atoms with van der Waals surface area (Å²) in [4.78, 5) is 15.9. The summed E-state index contributed by atoms with van der Waals surface area (Å²) >= 11 is 5.96. The minimum absolute atomic E-state index is 0.127. The number of H-pyrrole nitrogens is 1. The molecule has 3 rings (SSSR count). The van der Waals surface area contributed by atoms with E-state index in [1.54, 1.807) is 25.1 Å². The van der Waals surface area contributed by atoms with Crippen molar-refractivity contribution in [2.24, 2.45) is 0 Å². The number of amides is 1. The molecule has 2 aromatic rings. The van der Waals surface area contributed by atoms with Gasteiger partial charge >= 0.3 is 0 Å². The van der Waals surface area contributed by atoms with Gasteiger partial charge in [-0.15, -0.1) is 0 Å². The summed E-state index contributed by atoms with van der Waals surface area (Å²) in [6.45, 7) is 1.93. The average molecular weight is 377 g/mol. The molecule has 0 aliphatic carbocycles. The van der Waals surface area contributed by atoms with Gasteiger partial charge in [0.2, 0.25) is 5.91 Å². The van der Waals surface area contributed by atoms with Crippen LogP contribution in [-0.2, 0) is 11.2 Å². The summed E-state index contributed by atoms with van der Waals surface area (Å²) < 4.78 is 5.73. The van der Waals surface area contributed by atoms with Crippen molar-refractivity contribution in [3.63, 3.8) is 0 Å². The van der Waals surface area contributed by atoms with Crippen molar-refractivity contribution in [2.45, 2.75) is 25.3 Å². The monoisotopic (exact) mass is 376 g/mol. The van der Waals surface area contributed by atoms with Gasteiger partial charge in [0.05, 0.1) is 24.9 Å². The molecule has 140 valence electrons. The number of hydrogen-bond donors (Lipinski definition) is 1. The first-order valence-corrected chi connectivity index (χ1v) is 9.27. The van der Waals surface area contributed by atoms with Gasteiger partial charge in [-0.3, -0.25) is 14.8 Å². The van der Waals surface area contributed by atoms with E-state index in [0.29, 0.717) is 18.2 Å². The molecule has 1 saturated heterocycles. The highest BCUT2D eigenvalue weighted by atomic mass is 35.5. The molecule has 0 bridgehead atoms. The number of halogens is 1. The van der Waals surface area contributed by atoms with E-state index in [-0.39, 0.29) is 11.9 Å². The number of ether oxygens (including phenoxy) is 1. The maximum atomic E-state index is 12.0. The first-order valence-electron chi connectivity index (χ1n) is 8.89. The molecule has 1 aromatic carbocycles. The van der Waals surface area contributed by atoms with Gasteiger partial charge in [-0.05, 0) is 43.7 Å². The molecule has 7 heteroatoms. The van der Waals surface area contributed by atoms with E-state index in [9.17, 15) is 4.79 Å². The third-order valence-electron chi connectivity index (χ3n) is 4.63. The van der Waals surface area contributed by atoms with Crippen molar-refractivity contribution in [2.75, 3.05) is 33.8 Å². The van der Waals surface area contributed by atoms with Crippen LogP contribution in [0.2, 0.25) is 5.02 Å². The van der Waals surface area contributed by atoms with Gasteiger partial charge in [0.25, 0.3) is 0 Å². The lowest BCUT2D eigenvalue weighted by Crippen LogP contribution is -2.36. The van der Waals surface area contributed by atoms with Crippen molar-refractivity contribution >= 4 is 17.5 Å². The van der Waals surface area contributed by atoms with Crippen LogP contribution in [-0.4, -0.2) is 59.7 Å². The highest BCUT2D eigenvalue weighted by Gasteiger charge is 2.29. The van der Waals surface area contributed by atoms with Crippen LogP contribution in [0.1, 0.15) is 30.3 Å². The molecule has 0 unspecified atom stereocenters. The first-order chi connectivity index (χ1) is 12.5. The van der Waals surface area contributed by atoms with Gasteiger partial charge < -0.3 is 9.64 Å². The van der Waals surface area contributed by atoms with Gasteiger partial charge in [0.15, 0.2) is 0 Å². The lowest BCUT2D eigenvalue weighted by molar-refractivity contribution is -0.130. The topological polar surface area (TPSA) is 61.5 Å². The minimum atomic E-state index is 0.127. The lowest BCUT2D eigenvalue weighted by atomic mass is 10.1. The molecule has 1 aliphatic heterocycles. The SMILES string of the molecule is CN(C)C(=O)CN1CCC[C@H]1c1cc(CCOc2cccc(Cl)c2)[nH]n1. The second kappa shape index (κ2) is 8.56. The zero-order chi connectivity index (χ0) is 18.5. The predicted molar refractivity (Wildman–Crippen MR) is 101 cm³/mol. The number of nitrogens with one attached hydrogen (secondary N) is 1. The predicted octanol–water partition coefficient (Wildman–Crippen LogP) is 2.91. The van der Waals surface area contributed by atoms with Crippen molar-refractivity contribution in [3.05, 3.63) is 46.7 Å². The highest BCUT2D eigenvalue weighted by molar-refractivity contribution is 6.30. The standard InChI is InChI=1S/C19H25ClN4O2/c1-23(2)19(25)13-24-9-4-7-18(24)17-12-15(21-22-17)8-10-26-16-6-3-5-14(20)11-16/h3,5-6,11-12,18H,4,7-10,13H2,1-2H3,(H,21,22)/t18-/m0/s1. The molecule has 26 heavy (non-hydrogen) atoms. The molecule has 1 N–H and O–H groups in total. The van der Waals surface area contributed by atoms with Gasteiger partial charge in [-0.25, -0.2) is 0 Å². The Morgan fingerprint density at radius 2 is 2.27 bits per heavy atom. The lowest BCUT2D eigenvalue weighted by Gasteiger charge is -2.23. The van der Waals surface area contributed by atoms with E-state index in [4.69, 9.17) is 16.3 Å². The summed E-state index contributed by atoms with van der Waals surface area (Å²) in [7, 11) is 3.58. The number of likely N-dealkylation sites (N-methyl/N-ethyl adjacent to an activating group) is 1. The van der Waals surface area contributed by atoms with Crippen molar-refractivity contribution in [1.82, 2.24) is 20.0 Å². The van der Waals surface area contributed by atoms with Gasteiger partial charge in [0.1, 0.15) is 5.75 Å². The fraction of sp³-hybridized carbons (Fsp3) is 0.474. The molecular weight excluding hydrogens is 352 g/mol. The summed E-state index contributed by atoms with van der Waals surface area (Å²) in [5, 5.41) is 8.24. The summed E-state index contributed by atoms with van der Waals surface area (Å²) in [6.07, 6.45) is 2.86. The van der Waals surface area contributed by atoms with Gasteiger partial charge in [-0.1, -0.05) is 17.7 Å². The first kappa shape index (κ1) is 18.7. The Balaban J connectivity index is 1.54. The maximum Gasteiger partial charge on any atom is 0.236 e. The number of likely N-dealkylation sites (tertiary alicyclic amines) is 1. The number of hydrogen-bond acceptors (Lipinski definition) is 4. The van der Waals surface area contributed by atoms with E-state index in [1.165, 1.54) is 0 Å². The number of benzene rings is 1. The number of rotatable bonds is 7. The molecule has 0 saturated carbocycles. The van der Waals surface area contributed by atoms with Crippen LogP contribution in [0, 0.1) is 0 Å². The molecule has 1 atom stereocenters. The van der Waals surface area contributed by atoms with Crippen LogP contribution in [0.3, 0.4) is 0 Å². The third-order valence-corrected chi connectivity index (χ3v) is 4.86. The second-order valence-electron chi connectivity index (χ2n) is 6.79. The van der Waals surface area contributed by atoms with Crippen molar-refractivity contribution < 1.29 is 9.53 Å². The molecule has 2 heterocycles. The largest absolute Gasteiger partial charge is 0.493 e. The Hall–Kier alpha value is -2.05. The molecular formula is C19H25ClN4O2. The summed E-state index contributed by atoms with van der Waals surface area (Å²) in [5.74, 6) is 0.893. The summed E-state index contributed by atoms with van der Waals surface area (Å²) in [5.41, 5.74) is 2.04. The van der Waals surface area contributed by atoms with E-state index >= 15 is 0 Å². The highest BCUT2D eigenvalue weighted by Crippen LogP contribution is 2.30. The Morgan fingerprint density at radius 1 is 1.42 bits per heavy atom. The van der Waals surface area contributed by atoms with Crippen LogP contribution in [0.25, 0.3) is 0 Å². The van der Waals surface area contributed by atoms with Crippen molar-refractivity contribution in [3.8, 4) is 5.75 Å². The van der Waals surface area contributed by atoms with Crippen LogP contribution >= 0.6 is 11.6 Å². The van der Waals surface area contributed by atoms with Gasteiger partial charge in [0, 0.05) is 31.2 Å².